The second-order valence-electron chi connectivity index (χ2n) is 7.00. The number of aromatic nitrogens is 1. The second kappa shape index (κ2) is 9.24. The van der Waals surface area contributed by atoms with Gasteiger partial charge in [0.05, 0.1) is 17.8 Å². The molecule has 1 fully saturated rings. The highest BCUT2D eigenvalue weighted by Crippen LogP contribution is 2.19. The minimum Gasteiger partial charge on any atom is -0.403 e. The van der Waals surface area contributed by atoms with Crippen LogP contribution in [0, 0.1) is 6.92 Å². The summed E-state index contributed by atoms with van der Waals surface area (Å²) in [6, 6.07) is 8.79. The molecule has 0 aliphatic carbocycles. The Balaban J connectivity index is 1.56. The maximum atomic E-state index is 12.7. The van der Waals surface area contributed by atoms with Crippen molar-refractivity contribution in [3.63, 3.8) is 0 Å². The lowest BCUT2D eigenvalue weighted by Crippen LogP contribution is -2.46. The van der Waals surface area contributed by atoms with E-state index in [4.69, 9.17) is 16.1 Å². The summed E-state index contributed by atoms with van der Waals surface area (Å²) in [5.41, 5.74) is 11.2. The molecule has 1 aliphatic heterocycles. The first kappa shape index (κ1) is 20.4. The van der Waals surface area contributed by atoms with Crippen LogP contribution in [0.25, 0.3) is 5.70 Å². The molecule has 0 saturated carbocycles. The monoisotopic (exact) mass is 398 g/mol. The maximum absolute atomic E-state index is 12.7. The average molecular weight is 398 g/mol. The fourth-order valence-electron chi connectivity index (χ4n) is 3.42. The number of benzene rings is 1. The third-order valence-corrected chi connectivity index (χ3v) is 4.93. The van der Waals surface area contributed by atoms with Crippen molar-refractivity contribution in [1.29, 1.82) is 0 Å². The molecule has 0 radical (unpaired) electrons. The van der Waals surface area contributed by atoms with Gasteiger partial charge in [-0.1, -0.05) is 29.4 Å². The van der Waals surface area contributed by atoms with E-state index in [0.29, 0.717) is 31.0 Å². The quantitative estimate of drug-likeness (QED) is 0.394. The molecular formula is C20H26N6O3. The summed E-state index contributed by atoms with van der Waals surface area (Å²) >= 11 is 0. The fourth-order valence-corrected chi connectivity index (χ4v) is 3.42. The third kappa shape index (κ3) is 4.94. The molecule has 29 heavy (non-hydrogen) atoms. The second-order valence-corrected chi connectivity index (χ2v) is 7.00. The van der Waals surface area contributed by atoms with Gasteiger partial charge >= 0.3 is 0 Å². The van der Waals surface area contributed by atoms with E-state index in [-0.39, 0.29) is 18.2 Å². The number of carbonyl (C=O) groups is 2. The number of carbonyl (C=O) groups excluding carboxylic acids is 2. The molecule has 2 amide bonds. The standard InChI is InChI=1S/C20H26N6O3/c1-13-9-16(29-25-13)10-19(27)26-8-2-3-18(26)20(28)23-12-14-4-6-15(7-5-14)17(11-21)24-22/h4-7,9,11,18,24H,2-3,8,10,12,21-22H2,1H3,(H,23,28)/b17-11-/t18-/m0/s1. The van der Waals surface area contributed by atoms with Crippen LogP contribution in [-0.2, 0) is 22.6 Å². The number of nitrogens with two attached hydrogens (primary N) is 2. The van der Waals surface area contributed by atoms with Crippen LogP contribution in [0.2, 0.25) is 0 Å². The number of hydrogen-bond donors (Lipinski definition) is 4. The molecule has 1 saturated heterocycles. The zero-order valence-corrected chi connectivity index (χ0v) is 16.4. The average Bonchev–Trinajstić information content (AvgIpc) is 3.37. The maximum Gasteiger partial charge on any atom is 0.243 e. The van der Waals surface area contributed by atoms with Crippen molar-refractivity contribution in [3.8, 4) is 0 Å². The van der Waals surface area contributed by atoms with Crippen LogP contribution in [0.5, 0.6) is 0 Å². The van der Waals surface area contributed by atoms with E-state index in [0.717, 1.165) is 23.2 Å². The molecule has 1 atom stereocenters. The van der Waals surface area contributed by atoms with Crippen LogP contribution >= 0.6 is 0 Å². The molecule has 0 spiro atoms. The van der Waals surface area contributed by atoms with Crippen molar-refractivity contribution in [2.45, 2.75) is 38.8 Å². The Labute approximate surface area is 169 Å². The number of amides is 2. The first-order valence-electron chi connectivity index (χ1n) is 9.49. The molecular weight excluding hydrogens is 372 g/mol. The van der Waals surface area contributed by atoms with Gasteiger partial charge < -0.3 is 25.9 Å². The van der Waals surface area contributed by atoms with Crippen LogP contribution < -0.4 is 22.3 Å². The number of rotatable bonds is 7. The van der Waals surface area contributed by atoms with Gasteiger partial charge in [-0.3, -0.25) is 15.4 Å². The van der Waals surface area contributed by atoms with Crippen LogP contribution in [0.4, 0.5) is 0 Å². The number of nitrogens with zero attached hydrogens (tertiary/aromatic N) is 2. The van der Waals surface area contributed by atoms with Gasteiger partial charge in [0.1, 0.15) is 11.8 Å². The number of hydrogen-bond acceptors (Lipinski definition) is 7. The van der Waals surface area contributed by atoms with Crippen LogP contribution in [0.3, 0.4) is 0 Å². The van der Waals surface area contributed by atoms with Crippen molar-refractivity contribution in [2.24, 2.45) is 11.6 Å². The Bertz CT molecular complexity index is 890. The van der Waals surface area contributed by atoms with Crippen molar-refractivity contribution in [3.05, 3.63) is 59.1 Å². The van der Waals surface area contributed by atoms with Gasteiger partial charge in [-0.15, -0.1) is 0 Å². The molecule has 0 unspecified atom stereocenters. The molecule has 1 aliphatic rings. The molecule has 1 aromatic carbocycles. The fraction of sp³-hybridized carbons (Fsp3) is 0.350. The minimum absolute atomic E-state index is 0.109. The Morgan fingerprint density at radius 3 is 2.72 bits per heavy atom. The van der Waals surface area contributed by atoms with Gasteiger partial charge in [0.25, 0.3) is 0 Å². The van der Waals surface area contributed by atoms with Crippen LogP contribution in [0.15, 0.2) is 41.1 Å². The zero-order valence-electron chi connectivity index (χ0n) is 16.4. The van der Waals surface area contributed by atoms with Crippen molar-refractivity contribution in [1.82, 2.24) is 20.8 Å². The van der Waals surface area contributed by atoms with E-state index in [1.165, 1.54) is 6.20 Å². The first-order valence-corrected chi connectivity index (χ1v) is 9.49. The summed E-state index contributed by atoms with van der Waals surface area (Å²) in [5.74, 6) is 5.64. The summed E-state index contributed by atoms with van der Waals surface area (Å²) in [7, 11) is 0. The molecule has 3 rings (SSSR count). The highest BCUT2D eigenvalue weighted by Gasteiger charge is 2.34. The Morgan fingerprint density at radius 2 is 2.10 bits per heavy atom. The van der Waals surface area contributed by atoms with Gasteiger partial charge in [0.15, 0.2) is 0 Å². The predicted molar refractivity (Wildman–Crippen MR) is 107 cm³/mol. The van der Waals surface area contributed by atoms with E-state index in [1.54, 1.807) is 17.9 Å². The van der Waals surface area contributed by atoms with Gasteiger partial charge in [0.2, 0.25) is 11.8 Å². The highest BCUT2D eigenvalue weighted by atomic mass is 16.5. The molecule has 9 heteroatoms. The van der Waals surface area contributed by atoms with Gasteiger partial charge in [0, 0.05) is 30.9 Å². The summed E-state index contributed by atoms with van der Waals surface area (Å²) < 4.78 is 5.12. The molecule has 1 aromatic heterocycles. The molecule has 9 nitrogen and oxygen atoms in total. The largest absolute Gasteiger partial charge is 0.403 e. The highest BCUT2D eigenvalue weighted by molar-refractivity contribution is 5.88. The number of aryl methyl sites for hydroxylation is 1. The summed E-state index contributed by atoms with van der Waals surface area (Å²) in [6.45, 7) is 2.74. The lowest BCUT2D eigenvalue weighted by molar-refractivity contribution is -0.138. The Kier molecular flexibility index (Phi) is 6.50. The number of nitrogens with one attached hydrogen (secondary N) is 2. The Morgan fingerprint density at radius 1 is 1.34 bits per heavy atom. The van der Waals surface area contributed by atoms with E-state index in [1.807, 2.05) is 24.3 Å². The third-order valence-electron chi connectivity index (χ3n) is 4.93. The smallest absolute Gasteiger partial charge is 0.243 e. The SMILES string of the molecule is Cc1cc(CC(=O)N2CCC[C@H]2C(=O)NCc2ccc(/C(=C/N)NN)cc2)on1. The summed E-state index contributed by atoms with van der Waals surface area (Å²) in [4.78, 5) is 26.9. The van der Waals surface area contributed by atoms with E-state index < -0.39 is 6.04 Å². The topological polar surface area (TPSA) is 140 Å². The van der Waals surface area contributed by atoms with Crippen molar-refractivity contribution in [2.75, 3.05) is 6.54 Å². The summed E-state index contributed by atoms with van der Waals surface area (Å²) in [6.07, 6.45) is 2.95. The molecule has 2 aromatic rings. The minimum atomic E-state index is -0.459. The molecule has 6 N–H and O–H groups in total. The molecule has 154 valence electrons. The van der Waals surface area contributed by atoms with Crippen molar-refractivity contribution < 1.29 is 14.1 Å². The number of likely N-dealkylation sites (tertiary alicyclic amines) is 1. The predicted octanol–water partition coefficient (Wildman–Crippen LogP) is 0.553. The normalized spacial score (nSPS) is 16.7. The lowest BCUT2D eigenvalue weighted by atomic mass is 10.1. The lowest BCUT2D eigenvalue weighted by Gasteiger charge is -2.23. The molecule has 0 bridgehead atoms. The van der Waals surface area contributed by atoms with E-state index in [9.17, 15) is 9.59 Å². The van der Waals surface area contributed by atoms with Gasteiger partial charge in [-0.05, 0) is 25.3 Å². The van der Waals surface area contributed by atoms with Crippen LogP contribution in [0.1, 0.15) is 35.4 Å². The molecule has 2 heterocycles. The van der Waals surface area contributed by atoms with Gasteiger partial charge in [-0.25, -0.2) is 0 Å². The van der Waals surface area contributed by atoms with Crippen LogP contribution in [-0.4, -0.2) is 34.5 Å². The zero-order chi connectivity index (χ0) is 20.8. The Hall–Kier alpha value is -3.33. The first-order chi connectivity index (χ1) is 14.0. The summed E-state index contributed by atoms with van der Waals surface area (Å²) in [5, 5.41) is 6.72. The van der Waals surface area contributed by atoms with E-state index in [2.05, 4.69) is 15.9 Å². The van der Waals surface area contributed by atoms with Gasteiger partial charge in [-0.2, -0.15) is 0 Å². The number of hydrazine groups is 1. The van der Waals surface area contributed by atoms with E-state index >= 15 is 0 Å². The van der Waals surface area contributed by atoms with Crippen molar-refractivity contribution >= 4 is 17.5 Å².